The van der Waals surface area contributed by atoms with E-state index in [4.69, 9.17) is 4.74 Å². The number of phenolic OH excluding ortho intramolecular Hbond substituents is 1. The molecule has 174 valence electrons. The van der Waals surface area contributed by atoms with Crippen LogP contribution in [0.4, 0.5) is 0 Å². The molecule has 0 heterocycles. The maximum atomic E-state index is 12.4. The van der Waals surface area contributed by atoms with E-state index >= 15 is 0 Å². The number of rotatable bonds is 7. The van der Waals surface area contributed by atoms with E-state index < -0.39 is 15.9 Å². The Morgan fingerprint density at radius 1 is 1.03 bits per heavy atom. The van der Waals surface area contributed by atoms with Gasteiger partial charge in [-0.05, 0) is 92.7 Å². The number of carbonyl (C=O) groups is 1. The Bertz CT molecular complexity index is 1270. The van der Waals surface area contributed by atoms with Gasteiger partial charge < -0.3 is 9.84 Å². The molecular formula is C24H23Br2NO5S. The zero-order valence-electron chi connectivity index (χ0n) is 18.2. The van der Waals surface area contributed by atoms with E-state index in [0.29, 0.717) is 26.0 Å². The van der Waals surface area contributed by atoms with Crippen molar-refractivity contribution < 1.29 is 23.1 Å². The molecular weight excluding hydrogens is 574 g/mol. The highest BCUT2D eigenvalue weighted by Crippen LogP contribution is 2.39. The van der Waals surface area contributed by atoms with Crippen molar-refractivity contribution in [3.63, 3.8) is 0 Å². The fourth-order valence-electron chi connectivity index (χ4n) is 3.14. The second-order valence-electron chi connectivity index (χ2n) is 7.88. The van der Waals surface area contributed by atoms with Gasteiger partial charge in [0.2, 0.25) is 5.91 Å². The summed E-state index contributed by atoms with van der Waals surface area (Å²) in [6, 6.07) is 14.7. The Labute approximate surface area is 210 Å². The average Bonchev–Trinajstić information content (AvgIpc) is 2.71. The van der Waals surface area contributed by atoms with Gasteiger partial charge >= 0.3 is 0 Å². The number of nitrogens with one attached hydrogen (secondary N) is 1. The number of benzene rings is 3. The van der Waals surface area contributed by atoms with Crippen LogP contribution in [0.3, 0.4) is 0 Å². The van der Waals surface area contributed by atoms with E-state index in [1.54, 1.807) is 42.5 Å². The maximum Gasteiger partial charge on any atom is 0.264 e. The number of ether oxygens (including phenoxy) is 1. The highest BCUT2D eigenvalue weighted by molar-refractivity contribution is 9.11. The Kier molecular flexibility index (Phi) is 7.87. The second kappa shape index (κ2) is 10.3. The molecule has 0 aromatic heterocycles. The predicted molar refractivity (Wildman–Crippen MR) is 134 cm³/mol. The number of amides is 1. The molecule has 0 saturated heterocycles. The lowest BCUT2D eigenvalue weighted by molar-refractivity contribution is -0.118. The molecule has 9 heteroatoms. The Hall–Kier alpha value is -2.36. The second-order valence-corrected chi connectivity index (χ2v) is 11.3. The van der Waals surface area contributed by atoms with Crippen LogP contribution in [0.25, 0.3) is 0 Å². The number of aryl methyl sites for hydroxylation is 1. The molecule has 3 aromatic rings. The lowest BCUT2D eigenvalue weighted by atomic mass is 10.0. The SMILES string of the molecule is Cc1ccc(S(=O)(=O)NC(=O)Cc2cc(Br)c(Oc3ccc(O)c(C(C)C)c3)c(Br)c2)cc1. The summed E-state index contributed by atoms with van der Waals surface area (Å²) in [5, 5.41) is 10.0. The van der Waals surface area contributed by atoms with Crippen LogP contribution < -0.4 is 9.46 Å². The molecule has 0 saturated carbocycles. The van der Waals surface area contributed by atoms with Gasteiger partial charge in [0, 0.05) is 5.56 Å². The van der Waals surface area contributed by atoms with Gasteiger partial charge in [-0.3, -0.25) is 4.79 Å². The van der Waals surface area contributed by atoms with Crippen LogP contribution in [0.5, 0.6) is 17.2 Å². The fourth-order valence-corrected chi connectivity index (χ4v) is 5.56. The topological polar surface area (TPSA) is 92.7 Å². The van der Waals surface area contributed by atoms with Crippen LogP contribution >= 0.6 is 31.9 Å². The average molecular weight is 597 g/mol. The van der Waals surface area contributed by atoms with Crippen LogP contribution in [0.1, 0.15) is 36.5 Å². The first kappa shape index (κ1) is 25.3. The van der Waals surface area contributed by atoms with Gasteiger partial charge in [-0.2, -0.15) is 0 Å². The standard InChI is InChI=1S/C24H23Br2NO5S/c1-14(2)19-13-17(6-9-22(19)28)32-24-20(25)10-16(11-21(24)26)12-23(29)27-33(30,31)18-7-4-15(3)5-8-18/h4-11,13-14,28H,12H2,1-3H3,(H,27,29). The molecule has 0 fully saturated rings. The van der Waals surface area contributed by atoms with Crippen molar-refractivity contribution in [2.24, 2.45) is 0 Å². The van der Waals surface area contributed by atoms with Crippen molar-refractivity contribution in [2.45, 2.75) is 38.0 Å². The molecule has 0 aliphatic rings. The third kappa shape index (κ3) is 6.37. The molecule has 0 aliphatic carbocycles. The van der Waals surface area contributed by atoms with Crippen LogP contribution in [-0.2, 0) is 21.2 Å². The summed E-state index contributed by atoms with van der Waals surface area (Å²) in [4.78, 5) is 12.5. The van der Waals surface area contributed by atoms with Crippen molar-refractivity contribution in [2.75, 3.05) is 0 Å². The van der Waals surface area contributed by atoms with Gasteiger partial charge in [0.15, 0.2) is 5.75 Å². The summed E-state index contributed by atoms with van der Waals surface area (Å²) < 4.78 is 34.2. The summed E-state index contributed by atoms with van der Waals surface area (Å²) in [5.74, 6) is 0.720. The van der Waals surface area contributed by atoms with Gasteiger partial charge in [-0.1, -0.05) is 31.5 Å². The van der Waals surface area contributed by atoms with Crippen LogP contribution in [-0.4, -0.2) is 19.4 Å². The van der Waals surface area contributed by atoms with Gasteiger partial charge in [0.1, 0.15) is 11.5 Å². The molecule has 3 aromatic carbocycles. The molecule has 3 rings (SSSR count). The van der Waals surface area contributed by atoms with Gasteiger partial charge in [-0.15, -0.1) is 0 Å². The minimum Gasteiger partial charge on any atom is -0.508 e. The molecule has 33 heavy (non-hydrogen) atoms. The third-order valence-corrected chi connectivity index (χ3v) is 7.41. The summed E-state index contributed by atoms with van der Waals surface area (Å²) in [6.45, 7) is 5.80. The number of phenols is 1. The zero-order chi connectivity index (χ0) is 24.3. The number of sulfonamides is 1. The number of hydrogen-bond acceptors (Lipinski definition) is 5. The molecule has 6 nitrogen and oxygen atoms in total. The smallest absolute Gasteiger partial charge is 0.264 e. The third-order valence-electron chi connectivity index (χ3n) is 4.84. The molecule has 0 aliphatic heterocycles. The number of aromatic hydroxyl groups is 1. The van der Waals surface area contributed by atoms with Crippen molar-refractivity contribution in [1.29, 1.82) is 0 Å². The van der Waals surface area contributed by atoms with E-state index in [1.807, 2.05) is 20.8 Å². The first-order valence-corrected chi connectivity index (χ1v) is 13.1. The van der Waals surface area contributed by atoms with Crippen molar-refractivity contribution in [3.05, 3.63) is 80.2 Å². The lowest BCUT2D eigenvalue weighted by Gasteiger charge is -2.15. The van der Waals surface area contributed by atoms with Gasteiger partial charge in [0.25, 0.3) is 10.0 Å². The van der Waals surface area contributed by atoms with Crippen molar-refractivity contribution in [3.8, 4) is 17.2 Å². The molecule has 0 radical (unpaired) electrons. The van der Waals surface area contributed by atoms with E-state index in [-0.39, 0.29) is 23.0 Å². The quantitative estimate of drug-likeness (QED) is 0.339. The summed E-state index contributed by atoms with van der Waals surface area (Å²) >= 11 is 6.92. The number of halogens is 2. The largest absolute Gasteiger partial charge is 0.508 e. The van der Waals surface area contributed by atoms with Gasteiger partial charge in [-0.25, -0.2) is 13.1 Å². The molecule has 1 amide bonds. The summed E-state index contributed by atoms with van der Waals surface area (Å²) in [5.41, 5.74) is 2.28. The molecule has 0 bridgehead atoms. The summed E-state index contributed by atoms with van der Waals surface area (Å²) in [6.07, 6.45) is -0.140. The molecule has 0 spiro atoms. The maximum absolute atomic E-state index is 12.4. The highest BCUT2D eigenvalue weighted by Gasteiger charge is 2.19. The van der Waals surface area contributed by atoms with Crippen LogP contribution in [0.2, 0.25) is 0 Å². The van der Waals surface area contributed by atoms with Crippen LogP contribution in [0, 0.1) is 6.92 Å². The highest BCUT2D eigenvalue weighted by atomic mass is 79.9. The Morgan fingerprint density at radius 2 is 1.64 bits per heavy atom. The normalized spacial score (nSPS) is 11.5. The first-order valence-electron chi connectivity index (χ1n) is 10.1. The van der Waals surface area contributed by atoms with E-state index in [9.17, 15) is 18.3 Å². The lowest BCUT2D eigenvalue weighted by Crippen LogP contribution is -2.31. The molecule has 0 atom stereocenters. The first-order chi connectivity index (χ1) is 15.5. The van der Waals surface area contributed by atoms with E-state index in [1.165, 1.54) is 12.1 Å². The molecule has 0 unspecified atom stereocenters. The summed E-state index contributed by atoms with van der Waals surface area (Å²) in [7, 11) is -3.95. The van der Waals surface area contributed by atoms with Gasteiger partial charge in [0.05, 0.1) is 20.3 Å². The predicted octanol–water partition coefficient (Wildman–Crippen LogP) is 6.19. The zero-order valence-corrected chi connectivity index (χ0v) is 22.2. The Morgan fingerprint density at radius 3 is 2.21 bits per heavy atom. The van der Waals surface area contributed by atoms with Crippen molar-refractivity contribution >= 4 is 47.8 Å². The monoisotopic (exact) mass is 595 g/mol. The van der Waals surface area contributed by atoms with Crippen LogP contribution in [0.15, 0.2) is 68.4 Å². The number of carbonyl (C=O) groups excluding carboxylic acids is 1. The van der Waals surface area contributed by atoms with E-state index in [2.05, 4.69) is 36.6 Å². The number of hydrogen-bond donors (Lipinski definition) is 2. The fraction of sp³-hybridized carbons (Fsp3) is 0.208. The Balaban J connectivity index is 1.75. The van der Waals surface area contributed by atoms with E-state index in [0.717, 1.165) is 11.1 Å². The minimum atomic E-state index is -3.95. The van der Waals surface area contributed by atoms with Crippen molar-refractivity contribution in [1.82, 2.24) is 4.72 Å². The molecule has 2 N–H and O–H groups in total. The minimum absolute atomic E-state index is 0.0298.